The number of rotatable bonds is 10. The van der Waals surface area contributed by atoms with E-state index in [9.17, 15) is 19.2 Å². The number of epoxide rings is 1. The monoisotopic (exact) mass is 602 g/mol. The Morgan fingerprint density at radius 2 is 1.18 bits per heavy atom. The number of amides is 4. The maximum Gasteiger partial charge on any atom is 0.285 e. The second kappa shape index (κ2) is 10.3. The van der Waals surface area contributed by atoms with E-state index in [2.05, 4.69) is 6.92 Å². The number of fused-ring (bicyclic) bond motifs is 2. The molecule has 1 unspecified atom stereocenters. The summed E-state index contributed by atoms with van der Waals surface area (Å²) in [5.74, 6) is -1.48. The van der Waals surface area contributed by atoms with Crippen LogP contribution < -0.4 is 0 Å². The molecule has 3 aliphatic heterocycles. The quantitative estimate of drug-likeness (QED) is 0.0550. The fourth-order valence-electron chi connectivity index (χ4n) is 7.59. The van der Waals surface area contributed by atoms with Crippen molar-refractivity contribution in [3.05, 3.63) is 69.8 Å². The van der Waals surface area contributed by atoms with Gasteiger partial charge < -0.3 is 4.74 Å². The number of imide groups is 2. The van der Waals surface area contributed by atoms with Gasteiger partial charge in [0.1, 0.15) is 12.7 Å². The largest absolute Gasteiger partial charge is 0.371 e. The standard InChI is InChI=1S/C37H34N2O6/c1-4-5-6-7-8-9-14-38-34(40)24-12-10-22-29-20(3)16-27-31-25(36(42)39(37(27)43)45-18-21-17-44-21)13-11-23(33(29)31)28-19(2)15-26(35(38)41)30(24)32(22)28/h10-13,15-16,21H,4-9,14,17-18H2,1-3H3. The van der Waals surface area contributed by atoms with E-state index in [0.29, 0.717) is 46.2 Å². The Labute approximate surface area is 260 Å². The second-order valence-electron chi connectivity index (χ2n) is 12.7. The molecule has 3 heterocycles. The van der Waals surface area contributed by atoms with E-state index in [1.165, 1.54) is 24.2 Å². The van der Waals surface area contributed by atoms with Crippen molar-refractivity contribution in [3.8, 4) is 0 Å². The van der Waals surface area contributed by atoms with Gasteiger partial charge in [-0.15, -0.1) is 5.06 Å². The van der Waals surface area contributed by atoms with Crippen molar-refractivity contribution >= 4 is 66.7 Å². The molecule has 4 amide bonds. The number of unbranched alkanes of at least 4 members (excludes halogenated alkanes) is 5. The molecule has 45 heavy (non-hydrogen) atoms. The lowest BCUT2D eigenvalue weighted by Gasteiger charge is -2.30. The van der Waals surface area contributed by atoms with E-state index >= 15 is 0 Å². The highest BCUT2D eigenvalue weighted by atomic mass is 16.7. The number of hydrogen-bond acceptors (Lipinski definition) is 6. The average molecular weight is 603 g/mol. The van der Waals surface area contributed by atoms with Crippen LogP contribution in [0.15, 0.2) is 36.4 Å². The third-order valence-electron chi connectivity index (χ3n) is 9.81. The van der Waals surface area contributed by atoms with E-state index < -0.39 is 11.8 Å². The molecule has 5 aromatic rings. The molecule has 0 saturated carbocycles. The average Bonchev–Trinajstić information content (AvgIpc) is 3.86. The van der Waals surface area contributed by atoms with E-state index in [-0.39, 0.29) is 24.5 Å². The second-order valence-corrected chi connectivity index (χ2v) is 12.7. The minimum absolute atomic E-state index is 0.105. The van der Waals surface area contributed by atoms with Gasteiger partial charge in [-0.05, 0) is 88.0 Å². The smallest absolute Gasteiger partial charge is 0.285 e. The van der Waals surface area contributed by atoms with Crippen LogP contribution in [0, 0.1) is 13.8 Å². The van der Waals surface area contributed by atoms with Crippen LogP contribution in [0.1, 0.15) is 98.0 Å². The topological polar surface area (TPSA) is 96.5 Å². The summed E-state index contributed by atoms with van der Waals surface area (Å²) in [6, 6.07) is 11.2. The first-order chi connectivity index (χ1) is 21.8. The lowest BCUT2D eigenvalue weighted by atomic mass is 9.80. The van der Waals surface area contributed by atoms with Crippen molar-refractivity contribution in [3.63, 3.8) is 0 Å². The summed E-state index contributed by atoms with van der Waals surface area (Å²) in [5.41, 5.74) is 3.69. The lowest BCUT2D eigenvalue weighted by Crippen LogP contribution is -2.41. The van der Waals surface area contributed by atoms with Gasteiger partial charge in [0.2, 0.25) is 0 Å². The maximum atomic E-state index is 13.9. The molecule has 228 valence electrons. The zero-order valence-corrected chi connectivity index (χ0v) is 25.7. The molecule has 8 nitrogen and oxygen atoms in total. The van der Waals surface area contributed by atoms with Gasteiger partial charge in [0.15, 0.2) is 0 Å². The van der Waals surface area contributed by atoms with E-state index in [4.69, 9.17) is 9.57 Å². The summed E-state index contributed by atoms with van der Waals surface area (Å²) in [5, 5.41) is 7.51. The van der Waals surface area contributed by atoms with Crippen LogP contribution in [0.25, 0.3) is 43.1 Å². The highest BCUT2D eigenvalue weighted by Gasteiger charge is 2.39. The number of aryl methyl sites for hydroxylation is 2. The van der Waals surface area contributed by atoms with Crippen molar-refractivity contribution in [2.24, 2.45) is 0 Å². The van der Waals surface area contributed by atoms with Crippen LogP contribution in [0.3, 0.4) is 0 Å². The van der Waals surface area contributed by atoms with Gasteiger partial charge >= 0.3 is 0 Å². The highest BCUT2D eigenvalue weighted by Crippen LogP contribution is 2.48. The first kappa shape index (κ1) is 28.1. The molecule has 8 heteroatoms. The summed E-state index contributed by atoms with van der Waals surface area (Å²) in [6.07, 6.45) is 6.34. The summed E-state index contributed by atoms with van der Waals surface area (Å²) < 4.78 is 5.20. The molecule has 5 aromatic carbocycles. The van der Waals surface area contributed by atoms with Gasteiger partial charge in [0, 0.05) is 28.4 Å². The molecule has 1 atom stereocenters. The molecule has 8 rings (SSSR count). The fraction of sp³-hybridized carbons (Fsp3) is 0.351. The predicted molar refractivity (Wildman–Crippen MR) is 172 cm³/mol. The number of hydrogen-bond donors (Lipinski definition) is 0. The van der Waals surface area contributed by atoms with Crippen LogP contribution in [0.2, 0.25) is 0 Å². The van der Waals surface area contributed by atoms with Crippen molar-refractivity contribution in [2.75, 3.05) is 19.8 Å². The van der Waals surface area contributed by atoms with Crippen LogP contribution in [-0.2, 0) is 9.57 Å². The SMILES string of the molecule is CCCCCCCCN1C(=O)c2ccc3c4c(C)cc5c6c(ccc(c7c(C)cc(c2c37)C1=O)c64)C(=O)N(OCC1CO1)C5=O. The van der Waals surface area contributed by atoms with Crippen LogP contribution in [0.5, 0.6) is 0 Å². The number of carbonyl (C=O) groups is 4. The number of benzene rings is 5. The Balaban J connectivity index is 1.30. The van der Waals surface area contributed by atoms with E-state index in [1.807, 2.05) is 44.2 Å². The van der Waals surface area contributed by atoms with Gasteiger partial charge in [0.05, 0.1) is 17.7 Å². The minimum atomic E-state index is -0.496. The summed E-state index contributed by atoms with van der Waals surface area (Å²) in [6.45, 7) is 7.24. The van der Waals surface area contributed by atoms with Crippen molar-refractivity contribution < 1.29 is 28.8 Å². The van der Waals surface area contributed by atoms with Gasteiger partial charge in [-0.1, -0.05) is 51.2 Å². The third-order valence-corrected chi connectivity index (χ3v) is 9.81. The first-order valence-corrected chi connectivity index (χ1v) is 16.0. The van der Waals surface area contributed by atoms with E-state index in [1.54, 1.807) is 6.07 Å². The van der Waals surface area contributed by atoms with Crippen molar-refractivity contribution in [2.45, 2.75) is 65.4 Å². The molecule has 0 radical (unpaired) electrons. The molecule has 0 spiro atoms. The molecule has 0 aromatic heterocycles. The highest BCUT2D eigenvalue weighted by molar-refractivity contribution is 6.42. The third kappa shape index (κ3) is 4.05. The summed E-state index contributed by atoms with van der Waals surface area (Å²) in [7, 11) is 0. The van der Waals surface area contributed by atoms with Crippen molar-refractivity contribution in [1.29, 1.82) is 0 Å². The molecular weight excluding hydrogens is 568 g/mol. The molecule has 1 saturated heterocycles. The fourth-order valence-corrected chi connectivity index (χ4v) is 7.59. The van der Waals surface area contributed by atoms with Gasteiger partial charge in [-0.25, -0.2) is 0 Å². The molecule has 0 aliphatic carbocycles. The molecule has 0 bridgehead atoms. The Bertz CT molecular complexity index is 2130. The molecule has 0 N–H and O–H groups in total. The minimum Gasteiger partial charge on any atom is -0.371 e. The normalized spacial score (nSPS) is 17.7. The molecular formula is C37H34N2O6. The van der Waals surface area contributed by atoms with Gasteiger partial charge in [0.25, 0.3) is 23.6 Å². The number of ether oxygens (including phenoxy) is 1. The zero-order chi connectivity index (χ0) is 31.1. The maximum absolute atomic E-state index is 13.9. The first-order valence-electron chi connectivity index (χ1n) is 16.0. The van der Waals surface area contributed by atoms with Crippen molar-refractivity contribution in [1.82, 2.24) is 9.96 Å². The number of carbonyl (C=O) groups excluding carboxylic acids is 4. The van der Waals surface area contributed by atoms with Gasteiger partial charge in [-0.2, -0.15) is 0 Å². The Morgan fingerprint density at radius 1 is 0.667 bits per heavy atom. The summed E-state index contributed by atoms with van der Waals surface area (Å²) >= 11 is 0. The Morgan fingerprint density at radius 3 is 1.78 bits per heavy atom. The zero-order valence-electron chi connectivity index (χ0n) is 25.7. The van der Waals surface area contributed by atoms with Crippen LogP contribution >= 0.6 is 0 Å². The Hall–Kier alpha value is -4.40. The van der Waals surface area contributed by atoms with E-state index in [0.717, 1.165) is 67.8 Å². The van der Waals surface area contributed by atoms with Crippen LogP contribution in [-0.4, -0.2) is 59.5 Å². The lowest BCUT2D eigenvalue weighted by molar-refractivity contribution is -0.0988. The Kier molecular flexibility index (Phi) is 6.45. The van der Waals surface area contributed by atoms with Gasteiger partial charge in [-0.3, -0.25) is 28.9 Å². The van der Waals surface area contributed by atoms with Crippen LogP contribution in [0.4, 0.5) is 0 Å². The number of nitrogens with zero attached hydrogens (tertiary/aromatic N) is 2. The molecule has 1 fully saturated rings. The number of hydroxylamine groups is 2. The predicted octanol–water partition coefficient (Wildman–Crippen LogP) is 7.24. The summed E-state index contributed by atoms with van der Waals surface area (Å²) in [4.78, 5) is 62.1. The molecule has 3 aliphatic rings.